The number of rotatable bonds is 7. The number of likely N-dealkylation sites (tertiary alicyclic amines) is 1. The maximum Gasteiger partial charge on any atom is 0.222 e. The Morgan fingerprint density at radius 3 is 3.08 bits per heavy atom. The van der Waals surface area contributed by atoms with Crippen molar-refractivity contribution in [3.05, 3.63) is 36.0 Å². The van der Waals surface area contributed by atoms with Crippen LogP contribution in [0.25, 0.3) is 10.9 Å². The number of carbonyl (C=O) groups is 1. The molecule has 3 heterocycles. The summed E-state index contributed by atoms with van der Waals surface area (Å²) < 4.78 is 11.2. The van der Waals surface area contributed by atoms with Gasteiger partial charge in [0.15, 0.2) is 0 Å². The van der Waals surface area contributed by atoms with Crippen LogP contribution in [0.3, 0.4) is 0 Å². The van der Waals surface area contributed by atoms with Gasteiger partial charge in [0, 0.05) is 37.2 Å². The number of hydrogen-bond acceptors (Lipinski definition) is 3. The first-order valence-electron chi connectivity index (χ1n) is 9.65. The van der Waals surface area contributed by atoms with Crippen LogP contribution in [0.15, 0.2) is 30.5 Å². The van der Waals surface area contributed by atoms with Gasteiger partial charge in [0.05, 0.1) is 19.7 Å². The number of fused-ring (bicyclic) bond motifs is 1. The number of amides is 1. The first kappa shape index (κ1) is 17.6. The van der Waals surface area contributed by atoms with Crippen LogP contribution in [-0.4, -0.2) is 54.8 Å². The van der Waals surface area contributed by atoms with Crippen LogP contribution in [0.1, 0.15) is 31.2 Å². The summed E-state index contributed by atoms with van der Waals surface area (Å²) in [6.07, 6.45) is 6.63. The molecule has 2 aliphatic heterocycles. The predicted octanol–water partition coefficient (Wildman–Crippen LogP) is 3.14. The largest absolute Gasteiger partial charge is 0.385 e. The molecule has 5 heteroatoms. The highest BCUT2D eigenvalue weighted by Crippen LogP contribution is 2.39. The van der Waals surface area contributed by atoms with Crippen LogP contribution in [0, 0.1) is 5.92 Å². The number of nitrogens with one attached hydrogen (secondary N) is 1. The van der Waals surface area contributed by atoms with Crippen LogP contribution >= 0.6 is 0 Å². The molecule has 0 saturated carbocycles. The standard InChI is InChI=1S/C21H28N2O3/c1-25-10-9-16-11-21(26-13-16)14-23(15-21)20(24)8-4-5-17-12-22-19-7-3-2-6-18(17)19/h2-3,6-7,12,16,22H,4-5,8-11,13-15H2,1H3. The van der Waals surface area contributed by atoms with E-state index in [0.29, 0.717) is 12.3 Å². The summed E-state index contributed by atoms with van der Waals surface area (Å²) in [5.74, 6) is 0.841. The number of H-pyrrole nitrogens is 1. The van der Waals surface area contributed by atoms with Crippen molar-refractivity contribution in [2.45, 2.75) is 37.7 Å². The molecular formula is C21H28N2O3. The second kappa shape index (κ2) is 7.41. The highest BCUT2D eigenvalue weighted by atomic mass is 16.5. The minimum atomic E-state index is -0.0646. The molecule has 1 spiro atoms. The van der Waals surface area contributed by atoms with Gasteiger partial charge in [0.25, 0.3) is 0 Å². The van der Waals surface area contributed by atoms with E-state index in [4.69, 9.17) is 9.47 Å². The fraction of sp³-hybridized carbons (Fsp3) is 0.571. The van der Waals surface area contributed by atoms with E-state index in [9.17, 15) is 4.79 Å². The monoisotopic (exact) mass is 356 g/mol. The lowest BCUT2D eigenvalue weighted by molar-refractivity contribution is -0.157. The van der Waals surface area contributed by atoms with Gasteiger partial charge in [-0.1, -0.05) is 18.2 Å². The number of nitrogens with zero attached hydrogens (tertiary/aromatic N) is 1. The van der Waals surface area contributed by atoms with Crippen LogP contribution in [0.2, 0.25) is 0 Å². The summed E-state index contributed by atoms with van der Waals surface area (Å²) in [5, 5.41) is 1.27. The summed E-state index contributed by atoms with van der Waals surface area (Å²) in [5.41, 5.74) is 2.40. The Kier molecular flexibility index (Phi) is 5.00. The highest BCUT2D eigenvalue weighted by Gasteiger charge is 2.50. The lowest BCUT2D eigenvalue weighted by Gasteiger charge is -2.47. The third-order valence-electron chi connectivity index (χ3n) is 5.84. The SMILES string of the molecule is COCCC1COC2(C1)CN(C(=O)CCCc1c[nH]c3ccccc13)C2. The van der Waals surface area contributed by atoms with Crippen molar-refractivity contribution in [3.63, 3.8) is 0 Å². The van der Waals surface area contributed by atoms with E-state index in [0.717, 1.165) is 52.0 Å². The van der Waals surface area contributed by atoms with Crippen molar-refractivity contribution >= 4 is 16.8 Å². The molecule has 0 bridgehead atoms. The Bertz CT molecular complexity index is 763. The molecule has 1 N–H and O–H groups in total. The molecule has 2 aromatic rings. The van der Waals surface area contributed by atoms with E-state index in [1.165, 1.54) is 16.5 Å². The summed E-state index contributed by atoms with van der Waals surface area (Å²) in [6, 6.07) is 8.33. The number of aryl methyl sites for hydroxylation is 1. The molecule has 2 aliphatic rings. The molecule has 0 aliphatic carbocycles. The van der Waals surface area contributed by atoms with Crippen molar-refractivity contribution < 1.29 is 14.3 Å². The van der Waals surface area contributed by atoms with E-state index in [1.807, 2.05) is 11.0 Å². The van der Waals surface area contributed by atoms with Crippen molar-refractivity contribution in [3.8, 4) is 0 Å². The zero-order valence-electron chi connectivity index (χ0n) is 15.5. The van der Waals surface area contributed by atoms with Gasteiger partial charge in [-0.3, -0.25) is 4.79 Å². The third kappa shape index (κ3) is 3.51. The minimum Gasteiger partial charge on any atom is -0.385 e. The summed E-state index contributed by atoms with van der Waals surface area (Å²) in [6.45, 7) is 3.14. The number of methoxy groups -OCH3 is 1. The van der Waals surface area contributed by atoms with Crippen molar-refractivity contribution in [1.29, 1.82) is 0 Å². The number of ether oxygens (including phenoxy) is 2. The van der Waals surface area contributed by atoms with Gasteiger partial charge >= 0.3 is 0 Å². The highest BCUT2D eigenvalue weighted by molar-refractivity contribution is 5.83. The fourth-order valence-corrected chi connectivity index (χ4v) is 4.38. The molecule has 26 heavy (non-hydrogen) atoms. The van der Waals surface area contributed by atoms with Crippen LogP contribution < -0.4 is 0 Å². The second-order valence-corrected chi connectivity index (χ2v) is 7.81. The van der Waals surface area contributed by atoms with Gasteiger partial charge in [-0.2, -0.15) is 0 Å². The number of carbonyl (C=O) groups excluding carboxylic acids is 1. The smallest absolute Gasteiger partial charge is 0.222 e. The fourth-order valence-electron chi connectivity index (χ4n) is 4.38. The maximum atomic E-state index is 12.5. The number of para-hydroxylation sites is 1. The van der Waals surface area contributed by atoms with Crippen molar-refractivity contribution in [2.75, 3.05) is 33.4 Å². The van der Waals surface area contributed by atoms with Gasteiger partial charge in [-0.25, -0.2) is 0 Å². The van der Waals surface area contributed by atoms with Crippen LogP contribution in [0.5, 0.6) is 0 Å². The van der Waals surface area contributed by atoms with Crippen LogP contribution in [-0.2, 0) is 20.7 Å². The Hall–Kier alpha value is -1.85. The third-order valence-corrected chi connectivity index (χ3v) is 5.84. The lowest BCUT2D eigenvalue weighted by atomic mass is 9.86. The number of aromatic nitrogens is 1. The van der Waals surface area contributed by atoms with E-state index in [-0.39, 0.29) is 11.5 Å². The van der Waals surface area contributed by atoms with Gasteiger partial charge in [-0.15, -0.1) is 0 Å². The van der Waals surface area contributed by atoms with Gasteiger partial charge in [0.2, 0.25) is 5.91 Å². The van der Waals surface area contributed by atoms with E-state index < -0.39 is 0 Å². The molecule has 2 saturated heterocycles. The number of hydrogen-bond donors (Lipinski definition) is 1. The molecule has 1 unspecified atom stereocenters. The molecule has 4 rings (SSSR count). The first-order valence-corrected chi connectivity index (χ1v) is 9.65. The van der Waals surface area contributed by atoms with Crippen molar-refractivity contribution in [2.24, 2.45) is 5.92 Å². The average molecular weight is 356 g/mol. The van der Waals surface area contributed by atoms with Crippen molar-refractivity contribution in [1.82, 2.24) is 9.88 Å². The number of benzene rings is 1. The number of aromatic amines is 1. The van der Waals surface area contributed by atoms with E-state index in [2.05, 4.69) is 29.4 Å². The topological polar surface area (TPSA) is 54.6 Å². The Morgan fingerprint density at radius 2 is 2.23 bits per heavy atom. The molecule has 1 aromatic carbocycles. The molecule has 2 fully saturated rings. The predicted molar refractivity (Wildman–Crippen MR) is 101 cm³/mol. The van der Waals surface area contributed by atoms with Gasteiger partial charge < -0.3 is 19.4 Å². The Morgan fingerprint density at radius 1 is 1.38 bits per heavy atom. The first-order chi connectivity index (χ1) is 12.7. The van der Waals surface area contributed by atoms with E-state index >= 15 is 0 Å². The zero-order valence-corrected chi connectivity index (χ0v) is 15.5. The Labute approximate surface area is 154 Å². The summed E-state index contributed by atoms with van der Waals surface area (Å²) in [4.78, 5) is 17.7. The molecule has 1 aromatic heterocycles. The molecule has 1 amide bonds. The normalized spacial score (nSPS) is 21.4. The molecule has 0 radical (unpaired) electrons. The molecular weight excluding hydrogens is 328 g/mol. The van der Waals surface area contributed by atoms with Gasteiger partial charge in [-0.05, 0) is 43.2 Å². The van der Waals surface area contributed by atoms with E-state index in [1.54, 1.807) is 7.11 Å². The molecule has 5 nitrogen and oxygen atoms in total. The Balaban J connectivity index is 1.21. The zero-order chi connectivity index (χ0) is 18.0. The molecule has 140 valence electrons. The summed E-state index contributed by atoms with van der Waals surface area (Å²) >= 11 is 0. The lowest BCUT2D eigenvalue weighted by Crippen LogP contribution is -2.63. The quantitative estimate of drug-likeness (QED) is 0.829. The summed E-state index contributed by atoms with van der Waals surface area (Å²) in [7, 11) is 1.74. The average Bonchev–Trinajstić information content (AvgIpc) is 3.23. The molecule has 1 atom stereocenters. The van der Waals surface area contributed by atoms with Crippen LogP contribution in [0.4, 0.5) is 0 Å². The van der Waals surface area contributed by atoms with Gasteiger partial charge in [0.1, 0.15) is 5.60 Å². The minimum absolute atomic E-state index is 0.0646. The maximum absolute atomic E-state index is 12.5. The second-order valence-electron chi connectivity index (χ2n) is 7.81.